The molecular formula is C12H11N3O6S. The molecule has 0 aliphatic carbocycles. The first-order valence-corrected chi connectivity index (χ1v) is 7.64. The van der Waals surface area contributed by atoms with Gasteiger partial charge in [0, 0.05) is 0 Å². The first-order valence-electron chi connectivity index (χ1n) is 5.99. The summed E-state index contributed by atoms with van der Waals surface area (Å²) in [6, 6.07) is 7.69. The van der Waals surface area contributed by atoms with Crippen LogP contribution in [-0.2, 0) is 20.4 Å². The summed E-state index contributed by atoms with van der Waals surface area (Å²) in [5.74, 6) is -3.35. The fraction of sp³-hybridized carbons (Fsp3) is 0.167. The Morgan fingerprint density at radius 3 is 2.55 bits per heavy atom. The molecule has 0 bridgehead atoms. The molecule has 2 aromatic rings. The molecule has 2 N–H and O–H groups in total. The Morgan fingerprint density at radius 1 is 1.23 bits per heavy atom. The lowest BCUT2D eigenvalue weighted by Gasteiger charge is -2.00. The van der Waals surface area contributed by atoms with Crippen LogP contribution in [0.2, 0.25) is 0 Å². The molecule has 0 atom stereocenters. The first-order chi connectivity index (χ1) is 10.4. The monoisotopic (exact) mass is 325 g/mol. The van der Waals surface area contributed by atoms with Gasteiger partial charge >= 0.3 is 17.8 Å². The van der Waals surface area contributed by atoms with E-state index in [0.717, 1.165) is 0 Å². The van der Waals surface area contributed by atoms with Gasteiger partial charge in [0.2, 0.25) is 0 Å². The minimum Gasteiger partial charge on any atom is -0.480 e. The van der Waals surface area contributed by atoms with Gasteiger partial charge in [-0.3, -0.25) is 9.59 Å². The van der Waals surface area contributed by atoms with Gasteiger partial charge in [-0.1, -0.05) is 23.4 Å². The molecule has 0 radical (unpaired) electrons. The highest BCUT2D eigenvalue weighted by Gasteiger charge is 2.21. The molecule has 2 rings (SSSR count). The number of rotatable bonds is 6. The number of carboxylic acid groups (broad SMARTS) is 1. The van der Waals surface area contributed by atoms with E-state index in [1.165, 1.54) is 12.1 Å². The van der Waals surface area contributed by atoms with Crippen molar-refractivity contribution in [3.05, 3.63) is 42.0 Å². The van der Waals surface area contributed by atoms with Gasteiger partial charge in [0.05, 0.1) is 4.90 Å². The second-order valence-electron chi connectivity index (χ2n) is 4.16. The summed E-state index contributed by atoms with van der Waals surface area (Å²) in [5, 5.41) is 13.9. The number of nitrogens with zero attached hydrogens (tertiary/aromatic N) is 2. The smallest absolute Gasteiger partial charge is 0.322 e. The van der Waals surface area contributed by atoms with Gasteiger partial charge in [0.25, 0.3) is 0 Å². The summed E-state index contributed by atoms with van der Waals surface area (Å²) < 4.78 is 28.8. The number of benzene rings is 1. The van der Waals surface area contributed by atoms with Crippen LogP contribution in [0.25, 0.3) is 0 Å². The minimum absolute atomic E-state index is 0.0941. The zero-order valence-corrected chi connectivity index (χ0v) is 11.9. The molecule has 1 aromatic carbocycles. The van der Waals surface area contributed by atoms with Crippen LogP contribution in [0, 0.1) is 0 Å². The van der Waals surface area contributed by atoms with Gasteiger partial charge < -0.3 is 14.9 Å². The fourth-order valence-corrected chi connectivity index (χ4v) is 2.71. The zero-order valence-electron chi connectivity index (χ0n) is 11.1. The molecule has 1 amide bonds. The summed E-state index contributed by atoms with van der Waals surface area (Å²) >= 11 is 0. The van der Waals surface area contributed by atoms with E-state index in [1.807, 2.05) is 5.32 Å². The van der Waals surface area contributed by atoms with Gasteiger partial charge in [-0.2, -0.15) is 4.98 Å². The van der Waals surface area contributed by atoms with Crippen molar-refractivity contribution in [1.29, 1.82) is 0 Å². The van der Waals surface area contributed by atoms with Gasteiger partial charge in [0.15, 0.2) is 15.7 Å². The Hall–Kier alpha value is -2.75. The average molecular weight is 325 g/mol. The van der Waals surface area contributed by atoms with Crippen LogP contribution in [-0.4, -0.2) is 42.1 Å². The number of amides is 1. The van der Waals surface area contributed by atoms with Crippen LogP contribution in [0.3, 0.4) is 0 Å². The van der Waals surface area contributed by atoms with Crippen molar-refractivity contribution < 1.29 is 27.6 Å². The molecular weight excluding hydrogens is 314 g/mol. The molecule has 0 saturated heterocycles. The van der Waals surface area contributed by atoms with E-state index in [2.05, 4.69) is 14.7 Å². The Morgan fingerprint density at radius 2 is 1.91 bits per heavy atom. The molecule has 0 saturated carbocycles. The molecule has 0 spiro atoms. The van der Waals surface area contributed by atoms with E-state index in [-0.39, 0.29) is 10.7 Å². The average Bonchev–Trinajstić information content (AvgIpc) is 2.93. The largest absolute Gasteiger partial charge is 0.480 e. The lowest BCUT2D eigenvalue weighted by molar-refractivity contribution is -0.135. The molecule has 22 heavy (non-hydrogen) atoms. The van der Waals surface area contributed by atoms with Crippen LogP contribution < -0.4 is 5.32 Å². The number of sulfone groups is 1. The van der Waals surface area contributed by atoms with E-state index in [9.17, 15) is 18.0 Å². The molecule has 0 aliphatic heterocycles. The van der Waals surface area contributed by atoms with Crippen LogP contribution in [0.1, 0.15) is 16.5 Å². The maximum Gasteiger partial charge on any atom is 0.322 e. The molecule has 9 nitrogen and oxygen atoms in total. The molecule has 0 aliphatic rings. The third-order valence-electron chi connectivity index (χ3n) is 2.48. The predicted octanol–water partition coefficient (Wildman–Crippen LogP) is -0.142. The number of carbonyl (C=O) groups is 2. The maximum atomic E-state index is 12.1. The molecule has 10 heteroatoms. The first kappa shape index (κ1) is 15.6. The van der Waals surface area contributed by atoms with Crippen molar-refractivity contribution in [3.8, 4) is 0 Å². The lowest BCUT2D eigenvalue weighted by atomic mass is 10.4. The quantitative estimate of drug-likeness (QED) is 0.748. The summed E-state index contributed by atoms with van der Waals surface area (Å²) in [7, 11) is -3.66. The summed E-state index contributed by atoms with van der Waals surface area (Å²) in [6.07, 6.45) is 0. The van der Waals surface area contributed by atoms with Crippen molar-refractivity contribution in [2.75, 3.05) is 6.54 Å². The van der Waals surface area contributed by atoms with E-state index in [0.29, 0.717) is 0 Å². The Labute approximate surface area is 124 Å². The van der Waals surface area contributed by atoms with Crippen LogP contribution in [0.5, 0.6) is 0 Å². The number of hydrogen-bond donors (Lipinski definition) is 2. The molecule has 0 unspecified atom stereocenters. The maximum absolute atomic E-state index is 12.1. The number of nitrogens with one attached hydrogen (secondary N) is 1. The third kappa shape index (κ3) is 3.88. The number of hydrogen-bond acceptors (Lipinski definition) is 7. The third-order valence-corrected chi connectivity index (χ3v) is 4.11. The van der Waals surface area contributed by atoms with E-state index >= 15 is 0 Å². The molecule has 0 fully saturated rings. The Bertz CT molecular complexity index is 784. The number of carboxylic acids is 1. The van der Waals surface area contributed by atoms with Crippen LogP contribution in [0.4, 0.5) is 0 Å². The lowest BCUT2D eigenvalue weighted by Crippen LogP contribution is -2.29. The number of carbonyl (C=O) groups excluding carboxylic acids is 1. The van der Waals surface area contributed by atoms with Crippen molar-refractivity contribution in [2.45, 2.75) is 10.6 Å². The van der Waals surface area contributed by atoms with Crippen molar-refractivity contribution in [3.63, 3.8) is 0 Å². The van der Waals surface area contributed by atoms with Crippen LogP contribution >= 0.6 is 0 Å². The van der Waals surface area contributed by atoms with Gasteiger partial charge in [-0.05, 0) is 12.1 Å². The van der Waals surface area contributed by atoms with Crippen molar-refractivity contribution in [2.24, 2.45) is 0 Å². The Balaban J connectivity index is 2.09. The van der Waals surface area contributed by atoms with Gasteiger partial charge in [-0.15, -0.1) is 0 Å². The van der Waals surface area contributed by atoms with E-state index < -0.39 is 39.9 Å². The highest BCUT2D eigenvalue weighted by Crippen LogP contribution is 2.14. The summed E-state index contributed by atoms with van der Waals surface area (Å²) in [5.41, 5.74) is 0. The predicted molar refractivity (Wildman–Crippen MR) is 71.6 cm³/mol. The summed E-state index contributed by atoms with van der Waals surface area (Å²) in [6.45, 7) is -0.612. The fourth-order valence-electron chi connectivity index (χ4n) is 1.52. The second-order valence-corrected chi connectivity index (χ2v) is 6.15. The highest BCUT2D eigenvalue weighted by atomic mass is 32.2. The SMILES string of the molecule is O=C(O)CNC(=O)c1nc(CS(=O)(=O)c2ccccc2)no1. The molecule has 1 heterocycles. The van der Waals surface area contributed by atoms with Crippen molar-refractivity contribution >= 4 is 21.7 Å². The molecule has 1 aromatic heterocycles. The van der Waals surface area contributed by atoms with E-state index in [4.69, 9.17) is 5.11 Å². The second kappa shape index (κ2) is 6.35. The van der Waals surface area contributed by atoms with E-state index in [1.54, 1.807) is 18.2 Å². The normalized spacial score (nSPS) is 11.1. The number of aliphatic carboxylic acids is 1. The van der Waals surface area contributed by atoms with Gasteiger partial charge in [0.1, 0.15) is 12.3 Å². The van der Waals surface area contributed by atoms with Gasteiger partial charge in [-0.25, -0.2) is 8.42 Å². The van der Waals surface area contributed by atoms with Crippen LogP contribution in [0.15, 0.2) is 39.8 Å². The Kier molecular flexibility index (Phi) is 4.51. The standard InChI is InChI=1S/C12H11N3O6S/c16-10(17)6-13-11(18)12-14-9(15-21-12)7-22(19,20)8-4-2-1-3-5-8/h1-5H,6-7H2,(H,13,18)(H,16,17). The minimum atomic E-state index is -3.66. The van der Waals surface area contributed by atoms with Crippen molar-refractivity contribution in [1.82, 2.24) is 15.5 Å². The zero-order chi connectivity index (χ0) is 16.2. The highest BCUT2D eigenvalue weighted by molar-refractivity contribution is 7.90. The topological polar surface area (TPSA) is 139 Å². The number of aromatic nitrogens is 2. The summed E-state index contributed by atoms with van der Waals surface area (Å²) in [4.78, 5) is 25.5. The molecule has 116 valence electrons.